The summed E-state index contributed by atoms with van der Waals surface area (Å²) in [4.78, 5) is 22.4. The van der Waals surface area contributed by atoms with Gasteiger partial charge < -0.3 is 10.5 Å². The molecule has 0 aliphatic rings. The van der Waals surface area contributed by atoms with Crippen LogP contribution in [0.3, 0.4) is 0 Å². The maximum atomic E-state index is 11.4. The summed E-state index contributed by atoms with van der Waals surface area (Å²) < 4.78 is 5.00. The van der Waals surface area contributed by atoms with E-state index in [1.807, 2.05) is 13.8 Å². The number of carbonyl (C=O) groups excluding carboxylic acids is 2. The maximum absolute atomic E-state index is 11.4. The van der Waals surface area contributed by atoms with E-state index >= 15 is 0 Å². The van der Waals surface area contributed by atoms with Gasteiger partial charge in [0, 0.05) is 11.6 Å². The first kappa shape index (κ1) is 15.7. The molecule has 0 saturated heterocycles. The van der Waals surface area contributed by atoms with Crippen LogP contribution in [0.5, 0.6) is 0 Å². The molecule has 0 unspecified atom stereocenters. The summed E-state index contributed by atoms with van der Waals surface area (Å²) in [6.45, 7) is 6.15. The van der Waals surface area contributed by atoms with Crippen molar-refractivity contribution in [2.24, 2.45) is 11.7 Å². The minimum Gasteiger partial charge on any atom is -0.463 e. The van der Waals surface area contributed by atoms with Crippen molar-refractivity contribution in [3.63, 3.8) is 0 Å². The van der Waals surface area contributed by atoms with Gasteiger partial charge in [0.25, 0.3) is 0 Å². The summed E-state index contributed by atoms with van der Waals surface area (Å²) >= 11 is 0. The second-order valence-electron chi connectivity index (χ2n) is 4.35. The first-order valence-electron chi connectivity index (χ1n) is 6.17. The summed E-state index contributed by atoms with van der Waals surface area (Å²) in [7, 11) is 0. The first-order chi connectivity index (χ1) is 7.99. The molecular weight excluding hydrogens is 218 g/mol. The largest absolute Gasteiger partial charge is 0.463 e. The highest BCUT2D eigenvalue weighted by molar-refractivity contribution is 5.98. The number of hydrogen-bond donors (Lipinski definition) is 1. The fraction of sp³-hybridized carbons (Fsp3) is 0.692. The lowest BCUT2D eigenvalue weighted by Crippen LogP contribution is -2.19. The molecule has 0 radical (unpaired) electrons. The molecule has 0 aromatic heterocycles. The van der Waals surface area contributed by atoms with Crippen molar-refractivity contribution in [3.8, 4) is 0 Å². The van der Waals surface area contributed by atoms with Gasteiger partial charge in [0.05, 0.1) is 6.61 Å². The summed E-state index contributed by atoms with van der Waals surface area (Å²) in [6, 6.07) is 0. The van der Waals surface area contributed by atoms with Crippen LogP contribution in [-0.2, 0) is 14.3 Å². The number of carbonyl (C=O) groups is 2. The van der Waals surface area contributed by atoms with Gasteiger partial charge in [0.1, 0.15) is 0 Å². The maximum Gasteiger partial charge on any atom is 0.331 e. The highest BCUT2D eigenvalue weighted by Crippen LogP contribution is 2.09. The van der Waals surface area contributed by atoms with E-state index in [1.54, 1.807) is 0 Å². The van der Waals surface area contributed by atoms with E-state index in [0.717, 1.165) is 25.7 Å². The Morgan fingerprint density at radius 3 is 2.35 bits per heavy atom. The predicted molar refractivity (Wildman–Crippen MR) is 67.2 cm³/mol. The Morgan fingerprint density at radius 1 is 1.24 bits per heavy atom. The number of hydrogen-bond acceptors (Lipinski definition) is 3. The molecule has 2 N–H and O–H groups in total. The van der Waals surface area contributed by atoms with Crippen LogP contribution in [0.25, 0.3) is 0 Å². The van der Waals surface area contributed by atoms with Crippen molar-refractivity contribution < 1.29 is 14.3 Å². The van der Waals surface area contributed by atoms with Gasteiger partial charge in [-0.05, 0) is 12.3 Å². The van der Waals surface area contributed by atoms with Gasteiger partial charge in [-0.2, -0.15) is 0 Å². The van der Waals surface area contributed by atoms with Crippen molar-refractivity contribution in [3.05, 3.63) is 11.6 Å². The third-order valence-corrected chi connectivity index (χ3v) is 2.42. The van der Waals surface area contributed by atoms with Crippen molar-refractivity contribution in [2.45, 2.75) is 46.5 Å². The van der Waals surface area contributed by atoms with Gasteiger partial charge in [-0.3, -0.25) is 4.79 Å². The average Bonchev–Trinajstić information content (AvgIpc) is 2.24. The quantitative estimate of drug-likeness (QED) is 0.402. The molecule has 0 rings (SSSR count). The van der Waals surface area contributed by atoms with Gasteiger partial charge in [-0.15, -0.1) is 0 Å². The molecule has 0 atom stereocenters. The van der Waals surface area contributed by atoms with E-state index in [1.165, 1.54) is 6.08 Å². The van der Waals surface area contributed by atoms with Gasteiger partial charge in [0.2, 0.25) is 5.91 Å². The zero-order valence-electron chi connectivity index (χ0n) is 11.0. The van der Waals surface area contributed by atoms with Crippen LogP contribution in [0.15, 0.2) is 11.6 Å². The molecule has 17 heavy (non-hydrogen) atoms. The molecule has 4 heteroatoms. The van der Waals surface area contributed by atoms with Crippen LogP contribution < -0.4 is 5.73 Å². The number of rotatable bonds is 8. The molecule has 98 valence electrons. The number of amides is 1. The molecular formula is C13H23NO3. The van der Waals surface area contributed by atoms with Gasteiger partial charge >= 0.3 is 5.97 Å². The van der Waals surface area contributed by atoms with Crippen LogP contribution in [0.2, 0.25) is 0 Å². The van der Waals surface area contributed by atoms with E-state index in [4.69, 9.17) is 10.5 Å². The van der Waals surface area contributed by atoms with Crippen molar-refractivity contribution in [1.82, 2.24) is 0 Å². The van der Waals surface area contributed by atoms with Gasteiger partial charge in [0.15, 0.2) is 0 Å². The topological polar surface area (TPSA) is 69.4 Å². The highest BCUT2D eigenvalue weighted by atomic mass is 16.5. The summed E-state index contributed by atoms with van der Waals surface area (Å²) in [5, 5.41) is 0. The summed E-state index contributed by atoms with van der Waals surface area (Å²) in [5.74, 6) is -1.12. The molecule has 0 aromatic rings. The molecule has 1 amide bonds. The smallest absolute Gasteiger partial charge is 0.331 e. The van der Waals surface area contributed by atoms with Crippen LogP contribution in [-0.4, -0.2) is 18.5 Å². The van der Waals surface area contributed by atoms with E-state index in [9.17, 15) is 9.59 Å². The number of primary amides is 1. The van der Waals surface area contributed by atoms with Crippen LogP contribution in [0.1, 0.15) is 46.5 Å². The van der Waals surface area contributed by atoms with E-state index in [0.29, 0.717) is 12.2 Å². The van der Waals surface area contributed by atoms with Crippen molar-refractivity contribution in [1.29, 1.82) is 0 Å². The van der Waals surface area contributed by atoms with Crippen LogP contribution >= 0.6 is 0 Å². The molecule has 0 aliphatic heterocycles. The molecule has 0 saturated carbocycles. The predicted octanol–water partition coefficient (Wildman–Crippen LogP) is 2.18. The highest BCUT2D eigenvalue weighted by Gasteiger charge is 2.12. The van der Waals surface area contributed by atoms with Crippen molar-refractivity contribution in [2.75, 3.05) is 6.61 Å². The molecule has 0 spiro atoms. The number of nitrogens with two attached hydrogens (primary N) is 1. The number of unbranched alkanes of at least 4 members (excludes halogenated alkanes) is 3. The average molecular weight is 241 g/mol. The van der Waals surface area contributed by atoms with Crippen molar-refractivity contribution >= 4 is 11.9 Å². The second kappa shape index (κ2) is 8.79. The standard InChI is InChI=1S/C13H23NO3/c1-4-5-6-7-8-17-12(15)9-11(10(2)3)13(14)16/h9-10H,4-8H2,1-3H3,(H2,14,16)/b11-9-. The van der Waals surface area contributed by atoms with Gasteiger partial charge in [-0.1, -0.05) is 40.0 Å². The third-order valence-electron chi connectivity index (χ3n) is 2.42. The Balaban J connectivity index is 4.05. The third kappa shape index (κ3) is 7.55. The lowest BCUT2D eigenvalue weighted by molar-refractivity contribution is -0.138. The molecule has 0 heterocycles. The molecule has 0 bridgehead atoms. The lowest BCUT2D eigenvalue weighted by atomic mass is 10.0. The minimum atomic E-state index is -0.567. The molecule has 0 aliphatic carbocycles. The number of esters is 1. The fourth-order valence-electron chi connectivity index (χ4n) is 1.39. The Bertz CT molecular complexity index is 282. The van der Waals surface area contributed by atoms with E-state index < -0.39 is 11.9 Å². The summed E-state index contributed by atoms with van der Waals surface area (Å²) in [5.41, 5.74) is 5.47. The Hall–Kier alpha value is -1.32. The lowest BCUT2D eigenvalue weighted by Gasteiger charge is -2.07. The Kier molecular flexibility index (Phi) is 8.11. The second-order valence-corrected chi connectivity index (χ2v) is 4.35. The van der Waals surface area contributed by atoms with E-state index in [2.05, 4.69) is 6.92 Å². The molecule has 4 nitrogen and oxygen atoms in total. The van der Waals surface area contributed by atoms with Crippen LogP contribution in [0.4, 0.5) is 0 Å². The Morgan fingerprint density at radius 2 is 1.88 bits per heavy atom. The fourth-order valence-corrected chi connectivity index (χ4v) is 1.39. The first-order valence-corrected chi connectivity index (χ1v) is 6.17. The van der Waals surface area contributed by atoms with E-state index in [-0.39, 0.29) is 5.92 Å². The normalized spacial score (nSPS) is 11.6. The molecule has 0 fully saturated rings. The number of ether oxygens (including phenoxy) is 1. The van der Waals surface area contributed by atoms with Gasteiger partial charge in [-0.25, -0.2) is 4.79 Å². The summed E-state index contributed by atoms with van der Waals surface area (Å²) in [6.07, 6.45) is 5.41. The minimum absolute atomic E-state index is 0.0693. The molecule has 0 aromatic carbocycles. The SMILES string of the molecule is CCCCCCOC(=O)/C=C(\C(N)=O)C(C)C. The van der Waals surface area contributed by atoms with Crippen LogP contribution in [0, 0.1) is 5.92 Å². The Labute approximate surface area is 103 Å². The zero-order chi connectivity index (χ0) is 13.3. The zero-order valence-corrected chi connectivity index (χ0v) is 11.0. The monoisotopic (exact) mass is 241 g/mol.